The highest BCUT2D eigenvalue weighted by Gasteiger charge is 2.20. The molecular weight excluding hydrogens is 318 g/mol. The first-order chi connectivity index (χ1) is 12.3. The van der Waals surface area contributed by atoms with Crippen LogP contribution in [0.5, 0.6) is 0 Å². The average Bonchev–Trinajstić information content (AvgIpc) is 3.33. The number of rotatable bonds is 3. The Labute approximate surface area is 141 Å². The SMILES string of the molecule is Cc1nc(-c2c(Nc3ccn[nH]3)nc3ccccn23)c2[nH]cnc2n1. The van der Waals surface area contributed by atoms with Crippen molar-refractivity contribution < 1.29 is 0 Å². The van der Waals surface area contributed by atoms with Crippen LogP contribution in [0.25, 0.3) is 28.2 Å². The normalized spacial score (nSPS) is 11.4. The van der Waals surface area contributed by atoms with Crippen molar-refractivity contribution in [3.05, 3.63) is 48.8 Å². The summed E-state index contributed by atoms with van der Waals surface area (Å²) in [5.74, 6) is 2.06. The van der Waals surface area contributed by atoms with Crippen molar-refractivity contribution in [1.82, 2.24) is 39.5 Å². The van der Waals surface area contributed by atoms with E-state index in [-0.39, 0.29) is 0 Å². The number of aromatic amines is 2. The Balaban J connectivity index is 1.83. The second-order valence-corrected chi connectivity index (χ2v) is 5.55. The van der Waals surface area contributed by atoms with Gasteiger partial charge >= 0.3 is 0 Å². The van der Waals surface area contributed by atoms with E-state index < -0.39 is 0 Å². The molecule has 0 amide bonds. The maximum absolute atomic E-state index is 4.69. The van der Waals surface area contributed by atoms with Gasteiger partial charge in [-0.3, -0.25) is 9.50 Å². The van der Waals surface area contributed by atoms with E-state index in [0.717, 1.165) is 28.4 Å². The molecule has 5 aromatic rings. The predicted molar refractivity (Wildman–Crippen MR) is 92.5 cm³/mol. The highest BCUT2D eigenvalue weighted by molar-refractivity contribution is 5.91. The van der Waals surface area contributed by atoms with Crippen molar-refractivity contribution in [2.24, 2.45) is 0 Å². The van der Waals surface area contributed by atoms with Gasteiger partial charge < -0.3 is 10.3 Å². The number of nitrogens with one attached hydrogen (secondary N) is 3. The van der Waals surface area contributed by atoms with E-state index in [9.17, 15) is 0 Å². The van der Waals surface area contributed by atoms with E-state index in [1.807, 2.05) is 41.8 Å². The average molecular weight is 331 g/mol. The van der Waals surface area contributed by atoms with Gasteiger partial charge in [0, 0.05) is 12.3 Å². The van der Waals surface area contributed by atoms with Crippen LogP contribution in [0.1, 0.15) is 5.82 Å². The molecule has 0 spiro atoms. The van der Waals surface area contributed by atoms with Crippen molar-refractivity contribution in [2.45, 2.75) is 6.92 Å². The maximum atomic E-state index is 4.69. The lowest BCUT2D eigenvalue weighted by molar-refractivity contribution is 1.07. The zero-order chi connectivity index (χ0) is 16.8. The van der Waals surface area contributed by atoms with Gasteiger partial charge in [-0.25, -0.2) is 19.9 Å². The minimum Gasteiger partial charge on any atom is -0.341 e. The Kier molecular flexibility index (Phi) is 2.80. The van der Waals surface area contributed by atoms with Crippen molar-refractivity contribution in [3.63, 3.8) is 0 Å². The van der Waals surface area contributed by atoms with Gasteiger partial charge in [0.15, 0.2) is 11.5 Å². The molecule has 0 fully saturated rings. The van der Waals surface area contributed by atoms with E-state index >= 15 is 0 Å². The van der Waals surface area contributed by atoms with Crippen molar-refractivity contribution >= 4 is 28.4 Å². The number of aromatic nitrogens is 8. The molecule has 5 rings (SSSR count). The molecule has 0 aromatic carbocycles. The molecular formula is C16H13N9. The second kappa shape index (κ2) is 5.13. The molecule has 5 aromatic heterocycles. The number of hydrogen-bond donors (Lipinski definition) is 3. The van der Waals surface area contributed by atoms with Crippen LogP contribution >= 0.6 is 0 Å². The zero-order valence-electron chi connectivity index (χ0n) is 13.2. The van der Waals surface area contributed by atoms with Gasteiger partial charge in [0.1, 0.15) is 34.2 Å². The Morgan fingerprint density at radius 1 is 1.12 bits per heavy atom. The standard InChI is InChI=1S/C16H13N9/c1-9-20-12(13-15(21-9)18-8-17-13)14-16(22-10-5-6-19-24-10)23-11-4-2-3-7-25(11)14/h2-8H,1H3,(H2,19,22,24)(H,17,18,20,21). The summed E-state index contributed by atoms with van der Waals surface area (Å²) >= 11 is 0. The molecule has 9 nitrogen and oxygen atoms in total. The van der Waals surface area contributed by atoms with Gasteiger partial charge in [0.2, 0.25) is 0 Å². The maximum Gasteiger partial charge on any atom is 0.181 e. The number of H-pyrrole nitrogens is 2. The lowest BCUT2D eigenvalue weighted by Crippen LogP contribution is -1.99. The first kappa shape index (κ1) is 13.7. The highest BCUT2D eigenvalue weighted by Crippen LogP contribution is 2.32. The van der Waals surface area contributed by atoms with E-state index in [1.54, 1.807) is 12.5 Å². The van der Waals surface area contributed by atoms with Crippen LogP contribution in [0.4, 0.5) is 11.6 Å². The molecule has 0 unspecified atom stereocenters. The number of pyridine rings is 1. The Morgan fingerprint density at radius 2 is 2.08 bits per heavy atom. The molecule has 0 saturated carbocycles. The van der Waals surface area contributed by atoms with Gasteiger partial charge in [-0.2, -0.15) is 5.10 Å². The third kappa shape index (κ3) is 2.13. The molecule has 3 N–H and O–H groups in total. The fourth-order valence-corrected chi connectivity index (χ4v) is 2.88. The largest absolute Gasteiger partial charge is 0.341 e. The summed E-state index contributed by atoms with van der Waals surface area (Å²) in [5, 5.41) is 10.1. The van der Waals surface area contributed by atoms with Crippen LogP contribution in [0.15, 0.2) is 43.0 Å². The van der Waals surface area contributed by atoms with Crippen LogP contribution < -0.4 is 5.32 Å². The summed E-state index contributed by atoms with van der Waals surface area (Å²) in [5.41, 5.74) is 3.76. The van der Waals surface area contributed by atoms with E-state index in [4.69, 9.17) is 4.98 Å². The smallest absolute Gasteiger partial charge is 0.181 e. The van der Waals surface area contributed by atoms with E-state index in [1.165, 1.54) is 0 Å². The van der Waals surface area contributed by atoms with Crippen LogP contribution in [-0.2, 0) is 0 Å². The summed E-state index contributed by atoms with van der Waals surface area (Å²) < 4.78 is 1.99. The summed E-state index contributed by atoms with van der Waals surface area (Å²) in [6.45, 7) is 1.85. The minimum absolute atomic E-state index is 0.626. The van der Waals surface area contributed by atoms with E-state index in [2.05, 4.69) is 35.5 Å². The molecule has 0 bridgehead atoms. The van der Waals surface area contributed by atoms with Gasteiger partial charge in [-0.1, -0.05) is 6.07 Å². The van der Waals surface area contributed by atoms with E-state index in [0.29, 0.717) is 17.3 Å². The van der Waals surface area contributed by atoms with Crippen LogP contribution in [-0.4, -0.2) is 39.5 Å². The summed E-state index contributed by atoms with van der Waals surface area (Å²) in [4.78, 5) is 21.1. The molecule has 0 aliphatic heterocycles. The number of anilines is 2. The van der Waals surface area contributed by atoms with Crippen molar-refractivity contribution in [1.29, 1.82) is 0 Å². The van der Waals surface area contributed by atoms with Crippen molar-refractivity contribution in [2.75, 3.05) is 5.32 Å². The topological polar surface area (TPSA) is 112 Å². The molecule has 0 atom stereocenters. The third-order valence-corrected chi connectivity index (χ3v) is 3.91. The van der Waals surface area contributed by atoms with Crippen LogP contribution in [0.2, 0.25) is 0 Å². The fourth-order valence-electron chi connectivity index (χ4n) is 2.88. The Bertz CT molecular complexity index is 1180. The molecule has 9 heteroatoms. The molecule has 122 valence electrons. The third-order valence-electron chi connectivity index (χ3n) is 3.91. The predicted octanol–water partition coefficient (Wildman–Crippen LogP) is 2.44. The van der Waals surface area contributed by atoms with Gasteiger partial charge in [0.05, 0.1) is 12.5 Å². The Hall–Kier alpha value is -3.75. The highest BCUT2D eigenvalue weighted by atomic mass is 15.2. The quantitative estimate of drug-likeness (QED) is 0.468. The number of fused-ring (bicyclic) bond motifs is 2. The summed E-state index contributed by atoms with van der Waals surface area (Å²) in [6.07, 6.45) is 5.25. The monoisotopic (exact) mass is 331 g/mol. The lowest BCUT2D eigenvalue weighted by atomic mass is 10.2. The molecule has 0 aliphatic carbocycles. The van der Waals surface area contributed by atoms with Crippen LogP contribution in [0.3, 0.4) is 0 Å². The first-order valence-corrected chi connectivity index (χ1v) is 7.71. The first-order valence-electron chi connectivity index (χ1n) is 7.71. The fraction of sp³-hybridized carbons (Fsp3) is 0.0625. The number of nitrogens with zero attached hydrogens (tertiary/aromatic N) is 6. The van der Waals surface area contributed by atoms with Gasteiger partial charge in [-0.15, -0.1) is 0 Å². The zero-order valence-corrected chi connectivity index (χ0v) is 13.2. The molecule has 25 heavy (non-hydrogen) atoms. The van der Waals surface area contributed by atoms with Crippen molar-refractivity contribution in [3.8, 4) is 11.4 Å². The molecule has 5 heterocycles. The number of imidazole rings is 2. The summed E-state index contributed by atoms with van der Waals surface area (Å²) in [6, 6.07) is 7.68. The number of hydrogen-bond acceptors (Lipinski definition) is 6. The van der Waals surface area contributed by atoms with Gasteiger partial charge in [-0.05, 0) is 19.1 Å². The second-order valence-electron chi connectivity index (χ2n) is 5.55. The minimum atomic E-state index is 0.626. The molecule has 0 radical (unpaired) electrons. The van der Waals surface area contributed by atoms with Gasteiger partial charge in [0.25, 0.3) is 0 Å². The molecule has 0 aliphatic rings. The summed E-state index contributed by atoms with van der Waals surface area (Å²) in [7, 11) is 0. The van der Waals surface area contributed by atoms with Crippen LogP contribution in [0, 0.1) is 6.92 Å². The molecule has 0 saturated heterocycles. The Morgan fingerprint density at radius 3 is 2.96 bits per heavy atom. The number of aryl methyl sites for hydroxylation is 1. The lowest BCUT2D eigenvalue weighted by Gasteiger charge is -2.07.